The van der Waals surface area contributed by atoms with Gasteiger partial charge in [-0.2, -0.15) is 0 Å². The lowest BCUT2D eigenvalue weighted by Gasteiger charge is -2.15. The molecule has 1 heterocycles. The summed E-state index contributed by atoms with van der Waals surface area (Å²) in [6, 6.07) is 7.05. The Morgan fingerprint density at radius 1 is 1.48 bits per heavy atom. The molecular formula is C16H18N2O3. The first kappa shape index (κ1) is 15.0. The van der Waals surface area contributed by atoms with E-state index in [2.05, 4.69) is 16.3 Å². The van der Waals surface area contributed by atoms with Crippen molar-refractivity contribution in [1.29, 1.82) is 0 Å². The third kappa shape index (κ3) is 3.37. The number of hydrogen-bond donors (Lipinski definition) is 0. The zero-order valence-corrected chi connectivity index (χ0v) is 12.0. The molecule has 0 N–H and O–H groups in total. The van der Waals surface area contributed by atoms with Crippen LogP contribution in [0.25, 0.3) is 10.9 Å². The minimum atomic E-state index is -0.248. The lowest BCUT2D eigenvalue weighted by Crippen LogP contribution is -2.24. The lowest BCUT2D eigenvalue weighted by molar-refractivity contribution is -0.140. The van der Waals surface area contributed by atoms with Crippen LogP contribution in [-0.4, -0.2) is 22.6 Å². The second-order valence-electron chi connectivity index (χ2n) is 4.75. The summed E-state index contributed by atoms with van der Waals surface area (Å²) in [7, 11) is 1.37. The van der Waals surface area contributed by atoms with Gasteiger partial charge in [0.2, 0.25) is 0 Å². The summed E-state index contributed by atoms with van der Waals surface area (Å²) < 4.78 is 6.17. The van der Waals surface area contributed by atoms with Gasteiger partial charge in [0, 0.05) is 6.42 Å². The summed E-state index contributed by atoms with van der Waals surface area (Å²) in [5, 5.41) is 0.583. The van der Waals surface area contributed by atoms with Gasteiger partial charge in [-0.3, -0.25) is 14.2 Å². The van der Waals surface area contributed by atoms with Crippen LogP contribution in [0.3, 0.4) is 0 Å². The van der Waals surface area contributed by atoms with E-state index in [0.29, 0.717) is 30.2 Å². The van der Waals surface area contributed by atoms with Gasteiger partial charge in [-0.15, -0.1) is 6.58 Å². The number of rotatable bonds is 6. The number of aromatic nitrogens is 2. The summed E-state index contributed by atoms with van der Waals surface area (Å²) in [6.45, 7) is 3.77. The predicted octanol–water partition coefficient (Wildman–Crippen LogP) is 2.47. The number of carbonyl (C=O) groups is 1. The second-order valence-corrected chi connectivity index (χ2v) is 4.75. The van der Waals surface area contributed by atoms with Gasteiger partial charge in [0.25, 0.3) is 5.56 Å². The van der Waals surface area contributed by atoms with Gasteiger partial charge in [0.1, 0.15) is 0 Å². The molecule has 0 saturated heterocycles. The third-order valence-electron chi connectivity index (χ3n) is 3.43. The molecule has 0 aliphatic rings. The van der Waals surface area contributed by atoms with Crippen molar-refractivity contribution in [2.75, 3.05) is 7.11 Å². The summed E-state index contributed by atoms with van der Waals surface area (Å²) in [5.41, 5.74) is 0.583. The monoisotopic (exact) mass is 286 g/mol. The normalized spacial score (nSPS) is 12.0. The molecule has 1 aromatic carbocycles. The Labute approximate surface area is 122 Å². The number of ether oxygens (including phenoxy) is 1. The van der Waals surface area contributed by atoms with Crippen LogP contribution in [0.5, 0.6) is 0 Å². The first-order valence-corrected chi connectivity index (χ1v) is 6.82. The van der Waals surface area contributed by atoms with Crippen molar-refractivity contribution < 1.29 is 9.53 Å². The van der Waals surface area contributed by atoms with Crippen molar-refractivity contribution in [2.24, 2.45) is 0 Å². The van der Waals surface area contributed by atoms with Crippen LogP contribution in [0.4, 0.5) is 0 Å². The Balaban J connectivity index is 2.22. The highest BCUT2D eigenvalue weighted by Gasteiger charge is 2.12. The highest BCUT2D eigenvalue weighted by Crippen LogP contribution is 2.16. The fourth-order valence-corrected chi connectivity index (χ4v) is 2.25. The Morgan fingerprint density at radius 2 is 2.24 bits per heavy atom. The third-order valence-corrected chi connectivity index (χ3v) is 3.43. The molecule has 5 heteroatoms. The fourth-order valence-electron chi connectivity index (χ4n) is 2.25. The largest absolute Gasteiger partial charge is 0.469 e. The van der Waals surface area contributed by atoms with Crippen LogP contribution < -0.4 is 5.56 Å². The zero-order chi connectivity index (χ0) is 15.2. The summed E-state index contributed by atoms with van der Waals surface area (Å²) >= 11 is 0. The molecule has 0 saturated carbocycles. The molecule has 0 amide bonds. The number of allylic oxidation sites excluding steroid dienone is 1. The smallest absolute Gasteiger partial charge is 0.305 e. The van der Waals surface area contributed by atoms with Crippen LogP contribution >= 0.6 is 0 Å². The molecule has 0 spiro atoms. The SMILES string of the molecule is C=C[C@@H](CCCC(=O)OC)n1cnc2ccccc2c1=O. The number of benzene rings is 1. The van der Waals surface area contributed by atoms with Crippen molar-refractivity contribution in [3.8, 4) is 0 Å². The number of esters is 1. The van der Waals surface area contributed by atoms with Gasteiger partial charge < -0.3 is 4.74 Å². The van der Waals surface area contributed by atoms with Crippen molar-refractivity contribution in [3.63, 3.8) is 0 Å². The van der Waals surface area contributed by atoms with Crippen LogP contribution in [0, 0.1) is 0 Å². The second kappa shape index (κ2) is 6.83. The molecule has 5 nitrogen and oxygen atoms in total. The van der Waals surface area contributed by atoms with E-state index in [-0.39, 0.29) is 17.6 Å². The molecule has 2 rings (SSSR count). The first-order chi connectivity index (χ1) is 10.2. The van der Waals surface area contributed by atoms with Crippen LogP contribution in [0.15, 0.2) is 48.0 Å². The van der Waals surface area contributed by atoms with Crippen LogP contribution in [0.2, 0.25) is 0 Å². The van der Waals surface area contributed by atoms with Crippen LogP contribution in [0.1, 0.15) is 25.3 Å². The average molecular weight is 286 g/mol. The molecular weight excluding hydrogens is 268 g/mol. The maximum absolute atomic E-state index is 12.5. The molecule has 110 valence electrons. The molecule has 2 aromatic rings. The number of methoxy groups -OCH3 is 1. The molecule has 0 unspecified atom stereocenters. The van der Waals surface area contributed by atoms with Gasteiger partial charge in [0.15, 0.2) is 0 Å². The highest BCUT2D eigenvalue weighted by molar-refractivity contribution is 5.76. The maximum Gasteiger partial charge on any atom is 0.305 e. The molecule has 0 aliphatic heterocycles. The topological polar surface area (TPSA) is 61.2 Å². The fraction of sp³-hybridized carbons (Fsp3) is 0.312. The molecule has 0 aliphatic carbocycles. The highest BCUT2D eigenvalue weighted by atomic mass is 16.5. The number of fused-ring (bicyclic) bond motifs is 1. The van der Waals surface area contributed by atoms with E-state index < -0.39 is 0 Å². The number of para-hydroxylation sites is 1. The standard InChI is InChI=1S/C16H18N2O3/c1-3-12(7-6-10-15(19)21-2)18-11-17-14-9-5-4-8-13(14)16(18)20/h3-5,8-9,11-12H,1,6-7,10H2,2H3/t12-/m0/s1. The molecule has 21 heavy (non-hydrogen) atoms. The zero-order valence-electron chi connectivity index (χ0n) is 12.0. The Kier molecular flexibility index (Phi) is 4.87. The number of nitrogens with zero attached hydrogens (tertiary/aromatic N) is 2. The van der Waals surface area contributed by atoms with Crippen LogP contribution in [-0.2, 0) is 9.53 Å². The van der Waals surface area contributed by atoms with Crippen molar-refractivity contribution in [2.45, 2.75) is 25.3 Å². The minimum absolute atomic E-state index is 0.0939. The number of carbonyl (C=O) groups excluding carboxylic acids is 1. The molecule has 0 bridgehead atoms. The predicted molar refractivity (Wildman–Crippen MR) is 81.1 cm³/mol. The Bertz CT molecular complexity index is 706. The van der Waals surface area contributed by atoms with Crippen molar-refractivity contribution >= 4 is 16.9 Å². The molecule has 0 fully saturated rings. The Hall–Kier alpha value is -2.43. The van der Waals surface area contributed by atoms with E-state index in [1.807, 2.05) is 12.1 Å². The van der Waals surface area contributed by atoms with E-state index in [1.165, 1.54) is 13.4 Å². The first-order valence-electron chi connectivity index (χ1n) is 6.82. The summed E-state index contributed by atoms with van der Waals surface area (Å²) in [4.78, 5) is 27.9. The minimum Gasteiger partial charge on any atom is -0.469 e. The van der Waals surface area contributed by atoms with E-state index in [4.69, 9.17) is 0 Å². The molecule has 1 atom stereocenters. The van der Waals surface area contributed by atoms with E-state index in [1.54, 1.807) is 22.8 Å². The van der Waals surface area contributed by atoms with Crippen molar-refractivity contribution in [3.05, 3.63) is 53.6 Å². The van der Waals surface area contributed by atoms with E-state index in [0.717, 1.165) is 0 Å². The van der Waals surface area contributed by atoms with Gasteiger partial charge in [-0.25, -0.2) is 4.98 Å². The summed E-state index contributed by atoms with van der Waals surface area (Å²) in [6.07, 6.45) is 4.84. The van der Waals surface area contributed by atoms with E-state index >= 15 is 0 Å². The lowest BCUT2D eigenvalue weighted by atomic mass is 10.1. The number of hydrogen-bond acceptors (Lipinski definition) is 4. The maximum atomic E-state index is 12.5. The van der Waals surface area contributed by atoms with Gasteiger partial charge in [-0.1, -0.05) is 18.2 Å². The average Bonchev–Trinajstić information content (AvgIpc) is 2.52. The Morgan fingerprint density at radius 3 is 2.95 bits per heavy atom. The van der Waals surface area contributed by atoms with Crippen molar-refractivity contribution in [1.82, 2.24) is 9.55 Å². The van der Waals surface area contributed by atoms with Gasteiger partial charge in [-0.05, 0) is 25.0 Å². The summed E-state index contributed by atoms with van der Waals surface area (Å²) in [5.74, 6) is -0.248. The van der Waals surface area contributed by atoms with E-state index in [9.17, 15) is 9.59 Å². The van der Waals surface area contributed by atoms with Gasteiger partial charge in [0.05, 0.1) is 30.4 Å². The quantitative estimate of drug-likeness (QED) is 0.604. The van der Waals surface area contributed by atoms with Gasteiger partial charge >= 0.3 is 5.97 Å². The molecule has 0 radical (unpaired) electrons. The molecule has 1 aromatic heterocycles.